The largest absolute Gasteiger partial charge is 0.507 e. The Kier molecular flexibility index (Phi) is 5.35. The molecule has 0 bridgehead atoms. The van der Waals surface area contributed by atoms with Crippen LogP contribution in [-0.2, 0) is 4.74 Å². The first-order valence-electron chi connectivity index (χ1n) is 6.44. The number of aliphatic hydroxyl groups excluding tert-OH is 1. The lowest BCUT2D eigenvalue weighted by molar-refractivity contribution is 0.0636. The number of anilines is 1. The van der Waals surface area contributed by atoms with Crippen LogP contribution in [0, 0.1) is 0 Å². The first-order valence-corrected chi connectivity index (χ1v) is 6.44. The molecule has 0 fully saturated rings. The van der Waals surface area contributed by atoms with Gasteiger partial charge < -0.3 is 20.7 Å². The molecule has 5 N–H and O–H groups in total. The van der Waals surface area contributed by atoms with Gasteiger partial charge in [-0.15, -0.1) is 0 Å². The Morgan fingerprint density at radius 2 is 2.10 bits per heavy atom. The van der Waals surface area contributed by atoms with E-state index in [1.807, 2.05) is 0 Å². The summed E-state index contributed by atoms with van der Waals surface area (Å²) >= 11 is 0. The van der Waals surface area contributed by atoms with Gasteiger partial charge in [0.2, 0.25) is 0 Å². The SMILES string of the molecule is CC(C)(C)OC(=O)Nc1ccc([C@@H](O)CCN)c(O)c1. The number of phenolic OH excluding ortho intramolecular Hbond substituents is 1. The van der Waals surface area contributed by atoms with Crippen LogP contribution in [0.15, 0.2) is 18.2 Å². The summed E-state index contributed by atoms with van der Waals surface area (Å²) in [5, 5.41) is 22.1. The molecule has 0 unspecified atom stereocenters. The van der Waals surface area contributed by atoms with Crippen LogP contribution in [0.2, 0.25) is 0 Å². The fourth-order valence-electron chi connectivity index (χ4n) is 1.64. The molecule has 0 radical (unpaired) electrons. The first kappa shape index (κ1) is 16.3. The maximum Gasteiger partial charge on any atom is 0.412 e. The number of aromatic hydroxyl groups is 1. The smallest absolute Gasteiger partial charge is 0.412 e. The third-order valence-electron chi connectivity index (χ3n) is 2.47. The van der Waals surface area contributed by atoms with Crippen molar-refractivity contribution in [2.45, 2.75) is 38.9 Å². The molecule has 112 valence electrons. The molecular formula is C14H22N2O4. The van der Waals surface area contributed by atoms with Gasteiger partial charge in [-0.3, -0.25) is 5.32 Å². The minimum atomic E-state index is -0.824. The zero-order valence-corrected chi connectivity index (χ0v) is 12.0. The second-order valence-corrected chi connectivity index (χ2v) is 5.49. The zero-order chi connectivity index (χ0) is 15.3. The minimum absolute atomic E-state index is 0.0977. The molecule has 0 heterocycles. The Morgan fingerprint density at radius 1 is 1.45 bits per heavy atom. The number of phenols is 1. The number of ether oxygens (including phenoxy) is 1. The van der Waals surface area contributed by atoms with Gasteiger partial charge in [0, 0.05) is 17.3 Å². The van der Waals surface area contributed by atoms with E-state index in [0.29, 0.717) is 24.2 Å². The van der Waals surface area contributed by atoms with E-state index in [2.05, 4.69) is 5.32 Å². The number of rotatable bonds is 4. The molecule has 6 nitrogen and oxygen atoms in total. The summed E-state index contributed by atoms with van der Waals surface area (Å²) in [6, 6.07) is 4.49. The molecule has 0 aliphatic heterocycles. The van der Waals surface area contributed by atoms with E-state index in [0.717, 1.165) is 0 Å². The van der Waals surface area contributed by atoms with Crippen LogP contribution in [0.3, 0.4) is 0 Å². The summed E-state index contributed by atoms with van der Waals surface area (Å²) < 4.78 is 5.10. The Labute approximate surface area is 118 Å². The molecule has 0 saturated heterocycles. The topological polar surface area (TPSA) is 105 Å². The molecule has 1 rings (SSSR count). The van der Waals surface area contributed by atoms with Crippen molar-refractivity contribution >= 4 is 11.8 Å². The number of amides is 1. The van der Waals surface area contributed by atoms with Crippen molar-refractivity contribution in [3.8, 4) is 5.75 Å². The standard InChI is InChI=1S/C14H22N2O4/c1-14(2,3)20-13(19)16-9-4-5-10(12(18)8-9)11(17)6-7-15/h4-5,8,11,17-18H,6-7,15H2,1-3H3,(H,16,19)/t11-/m0/s1. The molecule has 1 aromatic rings. The second kappa shape index (κ2) is 6.58. The summed E-state index contributed by atoms with van der Waals surface area (Å²) in [5.41, 5.74) is 5.53. The molecular weight excluding hydrogens is 260 g/mol. The lowest BCUT2D eigenvalue weighted by Gasteiger charge is -2.20. The molecule has 0 aliphatic carbocycles. The highest BCUT2D eigenvalue weighted by Gasteiger charge is 2.17. The third-order valence-corrected chi connectivity index (χ3v) is 2.47. The maximum atomic E-state index is 11.6. The van der Waals surface area contributed by atoms with Crippen molar-refractivity contribution in [2.24, 2.45) is 5.73 Å². The van der Waals surface area contributed by atoms with Crippen molar-refractivity contribution < 1.29 is 19.7 Å². The molecule has 0 saturated carbocycles. The van der Waals surface area contributed by atoms with Gasteiger partial charge in [0.25, 0.3) is 0 Å². The Morgan fingerprint density at radius 3 is 2.60 bits per heavy atom. The number of nitrogens with one attached hydrogen (secondary N) is 1. The van der Waals surface area contributed by atoms with Crippen LogP contribution < -0.4 is 11.1 Å². The molecule has 0 aliphatic rings. The van der Waals surface area contributed by atoms with E-state index in [4.69, 9.17) is 10.5 Å². The van der Waals surface area contributed by atoms with Crippen molar-refractivity contribution in [3.05, 3.63) is 23.8 Å². The number of carbonyl (C=O) groups excluding carboxylic acids is 1. The highest BCUT2D eigenvalue weighted by atomic mass is 16.6. The lowest BCUT2D eigenvalue weighted by Crippen LogP contribution is -2.27. The van der Waals surface area contributed by atoms with E-state index in [-0.39, 0.29) is 5.75 Å². The number of carbonyl (C=O) groups is 1. The van der Waals surface area contributed by atoms with Gasteiger partial charge in [-0.05, 0) is 39.8 Å². The van der Waals surface area contributed by atoms with Crippen molar-refractivity contribution in [1.82, 2.24) is 0 Å². The fourth-order valence-corrected chi connectivity index (χ4v) is 1.64. The van der Waals surface area contributed by atoms with Crippen LogP contribution >= 0.6 is 0 Å². The van der Waals surface area contributed by atoms with Crippen molar-refractivity contribution in [2.75, 3.05) is 11.9 Å². The van der Waals surface area contributed by atoms with Gasteiger partial charge >= 0.3 is 6.09 Å². The van der Waals surface area contributed by atoms with Crippen LogP contribution in [0.1, 0.15) is 38.9 Å². The van der Waals surface area contributed by atoms with Gasteiger partial charge in [0.1, 0.15) is 11.4 Å². The number of hydrogen-bond acceptors (Lipinski definition) is 5. The summed E-state index contributed by atoms with van der Waals surface area (Å²) in [6.07, 6.45) is -1.07. The highest BCUT2D eigenvalue weighted by Crippen LogP contribution is 2.29. The number of hydrogen-bond donors (Lipinski definition) is 4. The molecule has 1 aromatic carbocycles. The van der Waals surface area contributed by atoms with E-state index in [1.54, 1.807) is 32.9 Å². The quantitative estimate of drug-likeness (QED) is 0.677. The van der Waals surface area contributed by atoms with Crippen LogP contribution in [0.4, 0.5) is 10.5 Å². The van der Waals surface area contributed by atoms with E-state index in [1.165, 1.54) is 6.07 Å². The molecule has 1 amide bonds. The molecule has 20 heavy (non-hydrogen) atoms. The molecule has 1 atom stereocenters. The van der Waals surface area contributed by atoms with Crippen LogP contribution in [0.25, 0.3) is 0 Å². The van der Waals surface area contributed by atoms with Crippen LogP contribution in [0.5, 0.6) is 5.75 Å². The molecule has 0 aromatic heterocycles. The second-order valence-electron chi connectivity index (χ2n) is 5.49. The zero-order valence-electron chi connectivity index (χ0n) is 12.0. The average molecular weight is 282 g/mol. The maximum absolute atomic E-state index is 11.6. The predicted molar refractivity (Wildman–Crippen MR) is 76.6 cm³/mol. The average Bonchev–Trinajstić information content (AvgIpc) is 2.26. The Hall–Kier alpha value is -1.79. The summed E-state index contributed by atoms with van der Waals surface area (Å²) in [6.45, 7) is 5.60. The number of benzene rings is 1. The Bertz CT molecular complexity index is 469. The van der Waals surface area contributed by atoms with E-state index >= 15 is 0 Å². The van der Waals surface area contributed by atoms with Crippen molar-refractivity contribution in [3.63, 3.8) is 0 Å². The van der Waals surface area contributed by atoms with E-state index < -0.39 is 17.8 Å². The monoisotopic (exact) mass is 282 g/mol. The fraction of sp³-hybridized carbons (Fsp3) is 0.500. The van der Waals surface area contributed by atoms with Crippen LogP contribution in [-0.4, -0.2) is 28.5 Å². The third kappa shape index (κ3) is 5.07. The first-order chi connectivity index (χ1) is 9.23. The summed E-state index contributed by atoms with van der Waals surface area (Å²) in [5.74, 6) is -0.0977. The van der Waals surface area contributed by atoms with Gasteiger partial charge in [-0.1, -0.05) is 6.07 Å². The number of aliphatic hydroxyl groups is 1. The predicted octanol–water partition coefficient (Wildman–Crippen LogP) is 2.12. The molecule has 0 spiro atoms. The minimum Gasteiger partial charge on any atom is -0.507 e. The lowest BCUT2D eigenvalue weighted by atomic mass is 10.0. The van der Waals surface area contributed by atoms with Gasteiger partial charge in [-0.2, -0.15) is 0 Å². The van der Waals surface area contributed by atoms with Gasteiger partial charge in [0.05, 0.1) is 6.10 Å². The highest BCUT2D eigenvalue weighted by molar-refractivity contribution is 5.85. The van der Waals surface area contributed by atoms with E-state index in [9.17, 15) is 15.0 Å². The number of nitrogens with two attached hydrogens (primary N) is 1. The van der Waals surface area contributed by atoms with Crippen molar-refractivity contribution in [1.29, 1.82) is 0 Å². The Balaban J connectivity index is 2.75. The molecule has 6 heteroatoms. The van der Waals surface area contributed by atoms with Gasteiger partial charge in [-0.25, -0.2) is 4.79 Å². The summed E-state index contributed by atoms with van der Waals surface area (Å²) in [4.78, 5) is 11.6. The van der Waals surface area contributed by atoms with Gasteiger partial charge in [0.15, 0.2) is 0 Å². The normalized spacial score (nSPS) is 12.8. The summed E-state index contributed by atoms with van der Waals surface area (Å²) in [7, 11) is 0.